The second-order valence-electron chi connectivity index (χ2n) is 7.44. The Morgan fingerprint density at radius 2 is 1.50 bits per heavy atom. The maximum Gasteiger partial charge on any atom is 0.416 e. The molecule has 6 nitrogen and oxygen atoms in total. The van der Waals surface area contributed by atoms with Crippen LogP contribution in [0.15, 0.2) is 85.3 Å². The van der Waals surface area contributed by atoms with E-state index in [4.69, 9.17) is 0 Å². The maximum atomic E-state index is 12.9. The zero-order valence-electron chi connectivity index (χ0n) is 17.7. The van der Waals surface area contributed by atoms with Gasteiger partial charge in [-0.3, -0.25) is 9.59 Å². The van der Waals surface area contributed by atoms with Crippen molar-refractivity contribution in [2.45, 2.75) is 12.6 Å². The molecule has 34 heavy (non-hydrogen) atoms. The molecular formula is C25H19F3N4O2. The number of carbonyl (C=O) groups excluding carboxylic acids is 2. The monoisotopic (exact) mass is 464 g/mol. The number of H-pyrrole nitrogens is 1. The Hall–Kier alpha value is -4.40. The molecule has 0 bridgehead atoms. The number of amides is 2. The van der Waals surface area contributed by atoms with Gasteiger partial charge in [-0.25, -0.2) is 4.98 Å². The zero-order chi connectivity index (χ0) is 24.1. The topological polar surface area (TPSA) is 86.9 Å². The molecule has 1 aromatic heterocycles. The van der Waals surface area contributed by atoms with Crippen molar-refractivity contribution in [2.75, 3.05) is 10.6 Å². The van der Waals surface area contributed by atoms with Gasteiger partial charge < -0.3 is 15.6 Å². The smallest absolute Gasteiger partial charge is 0.351 e. The minimum atomic E-state index is -4.43. The maximum absolute atomic E-state index is 12.9. The molecule has 4 rings (SSSR count). The highest BCUT2D eigenvalue weighted by molar-refractivity contribution is 6.08. The molecule has 0 aliphatic heterocycles. The van der Waals surface area contributed by atoms with Crippen molar-refractivity contribution in [3.63, 3.8) is 0 Å². The first-order valence-corrected chi connectivity index (χ1v) is 10.3. The fourth-order valence-electron chi connectivity index (χ4n) is 3.36. The van der Waals surface area contributed by atoms with E-state index >= 15 is 0 Å². The van der Waals surface area contributed by atoms with Crippen LogP contribution < -0.4 is 10.6 Å². The average Bonchev–Trinajstić information content (AvgIpc) is 3.33. The number of imidazole rings is 1. The largest absolute Gasteiger partial charge is 0.416 e. The summed E-state index contributed by atoms with van der Waals surface area (Å²) in [5, 5.41) is 5.53. The lowest BCUT2D eigenvalue weighted by Crippen LogP contribution is -2.15. The Labute approximate surface area is 192 Å². The minimum absolute atomic E-state index is 0.128. The van der Waals surface area contributed by atoms with Crippen LogP contribution in [0.4, 0.5) is 24.5 Å². The highest BCUT2D eigenvalue weighted by Crippen LogP contribution is 2.32. The van der Waals surface area contributed by atoms with Crippen molar-refractivity contribution < 1.29 is 22.8 Å². The zero-order valence-corrected chi connectivity index (χ0v) is 17.7. The highest BCUT2D eigenvalue weighted by Gasteiger charge is 2.30. The van der Waals surface area contributed by atoms with Gasteiger partial charge in [-0.15, -0.1) is 0 Å². The summed E-state index contributed by atoms with van der Waals surface area (Å²) in [6.07, 6.45) is -1.17. The standard InChI is InChI=1S/C25H19F3N4O2/c26-25(27,28)17-7-5-16(6-8-17)21-3-1-2-4-22(21)24(34)32-19-11-9-18(10-12-19)31-23(33)13-20-14-29-15-30-20/h1-12,14-15H,13H2,(H,29,30)(H,31,33)(H,32,34). The predicted octanol–water partition coefficient (Wildman–Crippen LogP) is 5.53. The molecule has 2 amide bonds. The molecular weight excluding hydrogens is 445 g/mol. The van der Waals surface area contributed by atoms with Gasteiger partial charge in [0.2, 0.25) is 5.91 Å². The van der Waals surface area contributed by atoms with E-state index in [-0.39, 0.29) is 12.3 Å². The summed E-state index contributed by atoms with van der Waals surface area (Å²) in [7, 11) is 0. The van der Waals surface area contributed by atoms with E-state index < -0.39 is 17.6 Å². The summed E-state index contributed by atoms with van der Waals surface area (Å²) in [6.45, 7) is 0. The molecule has 0 aliphatic rings. The van der Waals surface area contributed by atoms with Crippen molar-refractivity contribution in [2.24, 2.45) is 0 Å². The quantitative estimate of drug-likeness (QED) is 0.351. The van der Waals surface area contributed by atoms with E-state index in [2.05, 4.69) is 20.6 Å². The van der Waals surface area contributed by atoms with Crippen LogP contribution in [0.2, 0.25) is 0 Å². The van der Waals surface area contributed by atoms with Gasteiger partial charge in [0.05, 0.1) is 24.0 Å². The van der Waals surface area contributed by atoms with Gasteiger partial charge in [0.25, 0.3) is 5.91 Å². The Morgan fingerprint density at radius 3 is 2.12 bits per heavy atom. The third-order valence-electron chi connectivity index (χ3n) is 5.02. The van der Waals surface area contributed by atoms with Crippen molar-refractivity contribution in [1.82, 2.24) is 9.97 Å². The molecule has 1 heterocycles. The predicted molar refractivity (Wildman–Crippen MR) is 122 cm³/mol. The molecule has 4 aromatic rings. The lowest BCUT2D eigenvalue weighted by atomic mass is 9.98. The minimum Gasteiger partial charge on any atom is -0.351 e. The Kier molecular flexibility index (Phi) is 6.44. The van der Waals surface area contributed by atoms with Crippen molar-refractivity contribution in [1.29, 1.82) is 0 Å². The highest BCUT2D eigenvalue weighted by atomic mass is 19.4. The van der Waals surface area contributed by atoms with Crippen molar-refractivity contribution in [3.05, 3.63) is 102 Å². The first-order chi connectivity index (χ1) is 16.3. The molecule has 0 spiro atoms. The number of nitrogens with one attached hydrogen (secondary N) is 3. The molecule has 0 saturated carbocycles. The number of halogens is 3. The lowest BCUT2D eigenvalue weighted by molar-refractivity contribution is -0.137. The Morgan fingerprint density at radius 1 is 0.853 bits per heavy atom. The molecule has 3 aromatic carbocycles. The van der Waals surface area contributed by atoms with E-state index in [0.717, 1.165) is 12.1 Å². The van der Waals surface area contributed by atoms with E-state index in [9.17, 15) is 22.8 Å². The van der Waals surface area contributed by atoms with Crippen LogP contribution in [0.3, 0.4) is 0 Å². The van der Waals surface area contributed by atoms with Crippen LogP contribution >= 0.6 is 0 Å². The molecule has 9 heteroatoms. The normalized spacial score (nSPS) is 11.1. The summed E-state index contributed by atoms with van der Waals surface area (Å²) in [5.74, 6) is -0.639. The molecule has 3 N–H and O–H groups in total. The van der Waals surface area contributed by atoms with Gasteiger partial charge >= 0.3 is 6.18 Å². The number of rotatable bonds is 6. The van der Waals surface area contributed by atoms with Gasteiger partial charge in [0.15, 0.2) is 0 Å². The van der Waals surface area contributed by atoms with Gasteiger partial charge in [-0.1, -0.05) is 30.3 Å². The fourth-order valence-corrected chi connectivity index (χ4v) is 3.36. The molecule has 172 valence electrons. The van der Waals surface area contributed by atoms with E-state index in [1.54, 1.807) is 54.7 Å². The second kappa shape index (κ2) is 9.62. The first-order valence-electron chi connectivity index (χ1n) is 10.3. The van der Waals surface area contributed by atoms with Crippen LogP contribution in [0.5, 0.6) is 0 Å². The number of aromatic nitrogens is 2. The number of alkyl halides is 3. The third kappa shape index (κ3) is 5.50. The van der Waals surface area contributed by atoms with Crippen LogP contribution in [0, 0.1) is 0 Å². The Bertz CT molecular complexity index is 1280. The number of benzene rings is 3. The van der Waals surface area contributed by atoms with Gasteiger partial charge in [-0.2, -0.15) is 13.2 Å². The Balaban J connectivity index is 1.44. The fraction of sp³-hybridized carbons (Fsp3) is 0.0800. The summed E-state index contributed by atoms with van der Waals surface area (Å²) in [5.41, 5.74) is 2.24. The molecule has 0 saturated heterocycles. The number of hydrogen-bond donors (Lipinski definition) is 3. The van der Waals surface area contributed by atoms with Gasteiger partial charge in [0, 0.05) is 23.1 Å². The number of nitrogens with zero attached hydrogens (tertiary/aromatic N) is 1. The van der Waals surface area contributed by atoms with Crippen molar-refractivity contribution in [3.8, 4) is 11.1 Å². The van der Waals surface area contributed by atoms with E-state index in [1.807, 2.05) is 0 Å². The number of anilines is 2. The molecule has 0 atom stereocenters. The molecule has 0 radical (unpaired) electrons. The lowest BCUT2D eigenvalue weighted by Gasteiger charge is -2.12. The second-order valence-corrected chi connectivity index (χ2v) is 7.44. The SMILES string of the molecule is O=C(Cc1c[nH]cn1)Nc1ccc(NC(=O)c2ccccc2-c2ccc(C(F)(F)F)cc2)cc1. The van der Waals surface area contributed by atoms with Crippen LogP contribution in [0.25, 0.3) is 11.1 Å². The number of hydrogen-bond acceptors (Lipinski definition) is 3. The van der Waals surface area contributed by atoms with Crippen LogP contribution in [0.1, 0.15) is 21.6 Å². The van der Waals surface area contributed by atoms with Crippen LogP contribution in [-0.4, -0.2) is 21.8 Å². The van der Waals surface area contributed by atoms with E-state index in [0.29, 0.717) is 33.8 Å². The number of aromatic amines is 1. The first kappa shape index (κ1) is 22.8. The van der Waals surface area contributed by atoms with Gasteiger partial charge in [-0.05, 0) is 53.6 Å². The molecule has 0 fully saturated rings. The molecule has 0 aliphatic carbocycles. The third-order valence-corrected chi connectivity index (χ3v) is 5.02. The average molecular weight is 464 g/mol. The number of carbonyl (C=O) groups is 2. The summed E-state index contributed by atoms with van der Waals surface area (Å²) in [4.78, 5) is 31.8. The molecule has 0 unspecified atom stereocenters. The summed E-state index contributed by atoms with van der Waals surface area (Å²) >= 11 is 0. The van der Waals surface area contributed by atoms with Crippen LogP contribution in [-0.2, 0) is 17.4 Å². The summed E-state index contributed by atoms with van der Waals surface area (Å²) < 4.78 is 38.6. The van der Waals surface area contributed by atoms with Crippen molar-refractivity contribution >= 4 is 23.2 Å². The van der Waals surface area contributed by atoms with E-state index in [1.165, 1.54) is 18.5 Å². The van der Waals surface area contributed by atoms with Gasteiger partial charge in [0.1, 0.15) is 0 Å². The summed E-state index contributed by atoms with van der Waals surface area (Å²) in [6, 6.07) is 17.9.